The summed E-state index contributed by atoms with van der Waals surface area (Å²) < 4.78 is 0. The smallest absolute Gasteiger partial charge is 0.326 e. The molecule has 3 amide bonds. The van der Waals surface area contributed by atoms with Crippen molar-refractivity contribution in [1.82, 2.24) is 16.0 Å². The van der Waals surface area contributed by atoms with Crippen molar-refractivity contribution < 1.29 is 34.5 Å². The fraction of sp³-hybridized carbons (Fsp3) is 0.600. The topological polar surface area (TPSA) is 217 Å². The lowest BCUT2D eigenvalue weighted by Crippen LogP contribution is -2.60. The Kier molecular flexibility index (Phi) is 13.6. The maximum Gasteiger partial charge on any atom is 0.326 e. The van der Waals surface area contributed by atoms with E-state index in [-0.39, 0.29) is 30.9 Å². The fourth-order valence-electron chi connectivity index (χ4n) is 3.63. The Balaban J connectivity index is 2.94. The molecule has 208 valence electrons. The largest absolute Gasteiger partial charge is 0.508 e. The Hall–Kier alpha value is -3.22. The van der Waals surface area contributed by atoms with Gasteiger partial charge in [0.05, 0.1) is 12.1 Å². The standard InChI is InChI=1S/C25H41N5O7/c1-14(2)12-20(25(36)37)29-24(35)21(15(3)31)30-23(34)19(6-4-5-11-26)28-22(33)18(27)13-16-7-9-17(32)10-8-16/h7-10,14-15,18-21,31-32H,4-6,11-13,26-27H2,1-3H3,(H,28,33)(H,29,35)(H,30,34)(H,36,37). The van der Waals surface area contributed by atoms with Crippen LogP contribution < -0.4 is 27.4 Å². The number of amides is 3. The zero-order valence-electron chi connectivity index (χ0n) is 21.6. The number of hydrogen-bond donors (Lipinski definition) is 8. The number of carbonyl (C=O) groups excluding carboxylic acids is 3. The van der Waals surface area contributed by atoms with Gasteiger partial charge < -0.3 is 42.7 Å². The van der Waals surface area contributed by atoms with E-state index in [2.05, 4.69) is 16.0 Å². The first-order chi connectivity index (χ1) is 17.3. The molecular weight excluding hydrogens is 482 g/mol. The van der Waals surface area contributed by atoms with E-state index in [0.717, 1.165) is 0 Å². The molecular formula is C25H41N5O7. The van der Waals surface area contributed by atoms with Gasteiger partial charge in [-0.3, -0.25) is 14.4 Å². The molecule has 12 heteroatoms. The highest BCUT2D eigenvalue weighted by molar-refractivity contribution is 5.94. The number of aliphatic hydroxyl groups is 1. The molecule has 37 heavy (non-hydrogen) atoms. The monoisotopic (exact) mass is 523 g/mol. The van der Waals surface area contributed by atoms with E-state index >= 15 is 0 Å². The van der Waals surface area contributed by atoms with E-state index in [1.165, 1.54) is 19.1 Å². The highest BCUT2D eigenvalue weighted by atomic mass is 16.4. The van der Waals surface area contributed by atoms with Gasteiger partial charge in [0.1, 0.15) is 23.9 Å². The number of nitrogens with two attached hydrogens (primary N) is 2. The van der Waals surface area contributed by atoms with Gasteiger partial charge in [0.15, 0.2) is 0 Å². The van der Waals surface area contributed by atoms with Crippen LogP contribution in [0, 0.1) is 5.92 Å². The van der Waals surface area contributed by atoms with Crippen LogP contribution in [0.5, 0.6) is 5.75 Å². The van der Waals surface area contributed by atoms with E-state index in [9.17, 15) is 34.5 Å². The van der Waals surface area contributed by atoms with E-state index in [4.69, 9.17) is 11.5 Å². The number of unbranched alkanes of at least 4 members (excludes halogenated alkanes) is 1. The molecule has 0 spiro atoms. The predicted octanol–water partition coefficient (Wildman–Crippen LogP) is -0.643. The number of phenols is 1. The lowest BCUT2D eigenvalue weighted by molar-refractivity contribution is -0.143. The number of hydrogen-bond acceptors (Lipinski definition) is 8. The van der Waals surface area contributed by atoms with E-state index in [1.807, 2.05) is 0 Å². The molecule has 1 aromatic carbocycles. The molecule has 1 rings (SSSR count). The van der Waals surface area contributed by atoms with E-state index in [0.29, 0.717) is 24.9 Å². The lowest BCUT2D eigenvalue weighted by Gasteiger charge is -2.27. The van der Waals surface area contributed by atoms with Gasteiger partial charge in [-0.25, -0.2) is 4.79 Å². The van der Waals surface area contributed by atoms with Crippen LogP contribution in [0.4, 0.5) is 0 Å². The number of aliphatic carboxylic acids is 1. The number of carbonyl (C=O) groups is 4. The average molecular weight is 524 g/mol. The summed E-state index contributed by atoms with van der Waals surface area (Å²) in [6.45, 7) is 5.28. The van der Waals surface area contributed by atoms with Gasteiger partial charge in [-0.05, 0) is 69.2 Å². The number of benzene rings is 1. The molecule has 1 aromatic rings. The Morgan fingerprint density at radius 3 is 2.00 bits per heavy atom. The van der Waals surface area contributed by atoms with Gasteiger partial charge in [-0.15, -0.1) is 0 Å². The number of carboxylic acid groups (broad SMARTS) is 1. The lowest BCUT2D eigenvalue weighted by atomic mass is 10.0. The zero-order valence-corrected chi connectivity index (χ0v) is 21.6. The fourth-order valence-corrected chi connectivity index (χ4v) is 3.63. The van der Waals surface area contributed by atoms with Crippen molar-refractivity contribution in [2.45, 2.75) is 83.1 Å². The van der Waals surface area contributed by atoms with Gasteiger partial charge in [0.2, 0.25) is 17.7 Å². The highest BCUT2D eigenvalue weighted by Crippen LogP contribution is 2.12. The minimum absolute atomic E-state index is 0.0195. The summed E-state index contributed by atoms with van der Waals surface area (Å²) in [7, 11) is 0. The molecule has 0 fully saturated rings. The molecule has 10 N–H and O–H groups in total. The molecule has 0 saturated heterocycles. The number of carboxylic acids is 1. The second kappa shape index (κ2) is 15.8. The summed E-state index contributed by atoms with van der Waals surface area (Å²) in [5.41, 5.74) is 12.3. The number of phenolic OH excluding ortho intramolecular Hbond substituents is 1. The Morgan fingerprint density at radius 2 is 1.49 bits per heavy atom. The van der Waals surface area contributed by atoms with Crippen LogP contribution in [-0.2, 0) is 25.6 Å². The van der Waals surface area contributed by atoms with Crippen molar-refractivity contribution in [3.05, 3.63) is 29.8 Å². The van der Waals surface area contributed by atoms with Crippen molar-refractivity contribution in [3.63, 3.8) is 0 Å². The zero-order chi connectivity index (χ0) is 28.1. The molecule has 0 radical (unpaired) electrons. The van der Waals surface area contributed by atoms with Crippen molar-refractivity contribution in [2.75, 3.05) is 6.54 Å². The third-order valence-electron chi connectivity index (χ3n) is 5.69. The van der Waals surface area contributed by atoms with Gasteiger partial charge in [-0.1, -0.05) is 26.0 Å². The van der Waals surface area contributed by atoms with Gasteiger partial charge >= 0.3 is 5.97 Å². The average Bonchev–Trinajstić information content (AvgIpc) is 2.82. The third-order valence-corrected chi connectivity index (χ3v) is 5.69. The maximum atomic E-state index is 13.1. The van der Waals surface area contributed by atoms with Crippen molar-refractivity contribution in [1.29, 1.82) is 0 Å². The summed E-state index contributed by atoms with van der Waals surface area (Å²) in [4.78, 5) is 50.1. The first-order valence-corrected chi connectivity index (χ1v) is 12.4. The first kappa shape index (κ1) is 31.8. The molecule has 0 saturated carbocycles. The molecule has 5 atom stereocenters. The summed E-state index contributed by atoms with van der Waals surface area (Å²) in [5, 5.41) is 36.4. The molecule has 0 aliphatic heterocycles. The number of aromatic hydroxyl groups is 1. The van der Waals surface area contributed by atoms with Gasteiger partial charge in [0, 0.05) is 0 Å². The van der Waals surface area contributed by atoms with Crippen LogP contribution in [0.3, 0.4) is 0 Å². The second-order valence-corrected chi connectivity index (χ2v) is 9.58. The van der Waals surface area contributed by atoms with Crippen molar-refractivity contribution in [3.8, 4) is 5.75 Å². The highest BCUT2D eigenvalue weighted by Gasteiger charge is 2.32. The second-order valence-electron chi connectivity index (χ2n) is 9.58. The van der Waals surface area contributed by atoms with Crippen molar-refractivity contribution >= 4 is 23.7 Å². The number of rotatable bonds is 16. The molecule has 0 heterocycles. The molecule has 0 bridgehead atoms. The first-order valence-electron chi connectivity index (χ1n) is 12.4. The molecule has 12 nitrogen and oxygen atoms in total. The summed E-state index contributed by atoms with van der Waals surface area (Å²) >= 11 is 0. The predicted molar refractivity (Wildman–Crippen MR) is 137 cm³/mol. The minimum atomic E-state index is -1.44. The van der Waals surface area contributed by atoms with Gasteiger partial charge in [-0.2, -0.15) is 0 Å². The summed E-state index contributed by atoms with van der Waals surface area (Å²) in [6.07, 6.45) is 0.291. The summed E-state index contributed by atoms with van der Waals surface area (Å²) in [6, 6.07) is 1.51. The van der Waals surface area contributed by atoms with Crippen LogP contribution in [0.2, 0.25) is 0 Å². The number of nitrogens with one attached hydrogen (secondary N) is 3. The quantitative estimate of drug-likeness (QED) is 0.129. The Morgan fingerprint density at radius 1 is 0.892 bits per heavy atom. The van der Waals surface area contributed by atoms with Crippen LogP contribution in [0.25, 0.3) is 0 Å². The van der Waals surface area contributed by atoms with Crippen LogP contribution in [0.1, 0.15) is 52.0 Å². The SMILES string of the molecule is CC(C)CC(NC(=O)C(NC(=O)C(CCCCN)NC(=O)C(N)Cc1ccc(O)cc1)C(C)O)C(=O)O. The van der Waals surface area contributed by atoms with Crippen LogP contribution >= 0.6 is 0 Å². The maximum absolute atomic E-state index is 13.1. The Bertz CT molecular complexity index is 892. The molecule has 0 aromatic heterocycles. The molecule has 0 aliphatic rings. The number of aliphatic hydroxyl groups excluding tert-OH is 1. The van der Waals surface area contributed by atoms with Crippen LogP contribution in [-0.4, -0.2) is 75.8 Å². The summed E-state index contributed by atoms with van der Waals surface area (Å²) in [5.74, 6) is -3.34. The minimum Gasteiger partial charge on any atom is -0.508 e. The van der Waals surface area contributed by atoms with Crippen molar-refractivity contribution in [2.24, 2.45) is 17.4 Å². The normalized spacial score (nSPS) is 15.2. The third kappa shape index (κ3) is 11.6. The molecule has 0 aliphatic carbocycles. The van der Waals surface area contributed by atoms with Gasteiger partial charge in [0.25, 0.3) is 0 Å². The van der Waals surface area contributed by atoms with E-state index < -0.39 is 54.0 Å². The van der Waals surface area contributed by atoms with Crippen LogP contribution in [0.15, 0.2) is 24.3 Å². The Labute approximate surface area is 217 Å². The molecule has 5 unspecified atom stereocenters. The van der Waals surface area contributed by atoms with E-state index in [1.54, 1.807) is 26.0 Å².